The van der Waals surface area contributed by atoms with Crippen molar-refractivity contribution in [1.82, 2.24) is 5.32 Å². The fraction of sp³-hybridized carbons (Fsp3) is 0.263. The molecule has 0 aliphatic rings. The maximum atomic E-state index is 5.58. The van der Waals surface area contributed by atoms with Crippen LogP contribution in [0.2, 0.25) is 0 Å². The number of hydrogen-bond donors (Lipinski definition) is 1. The fourth-order valence-electron chi connectivity index (χ4n) is 2.59. The van der Waals surface area contributed by atoms with E-state index in [1.54, 1.807) is 0 Å². The zero-order valence-corrected chi connectivity index (χ0v) is 12.6. The number of aryl methyl sites for hydroxylation is 1. The van der Waals surface area contributed by atoms with E-state index in [0.717, 1.165) is 18.5 Å². The van der Waals surface area contributed by atoms with Gasteiger partial charge in [-0.25, -0.2) is 0 Å². The standard InChI is InChI=1S/C19H21NO/c1-3-15-8-10-16(11-9-15)14(2)20-12-17-13-21-19-7-5-4-6-18(17)19/h4-11,13-14,20H,3,12H2,1-2H3. The maximum Gasteiger partial charge on any atom is 0.134 e. The average molecular weight is 279 g/mol. The molecule has 21 heavy (non-hydrogen) atoms. The van der Waals surface area contributed by atoms with Crippen LogP contribution in [0.5, 0.6) is 0 Å². The molecule has 1 N–H and O–H groups in total. The smallest absolute Gasteiger partial charge is 0.134 e. The average Bonchev–Trinajstić information content (AvgIpc) is 2.96. The number of furan rings is 1. The molecule has 1 heterocycles. The van der Waals surface area contributed by atoms with Gasteiger partial charge in [0.1, 0.15) is 5.58 Å². The Morgan fingerprint density at radius 3 is 2.57 bits per heavy atom. The zero-order valence-electron chi connectivity index (χ0n) is 12.6. The van der Waals surface area contributed by atoms with Crippen molar-refractivity contribution in [3.8, 4) is 0 Å². The van der Waals surface area contributed by atoms with Crippen molar-refractivity contribution in [2.75, 3.05) is 0 Å². The molecule has 2 aromatic carbocycles. The van der Waals surface area contributed by atoms with E-state index in [2.05, 4.69) is 49.5 Å². The maximum absolute atomic E-state index is 5.58. The Balaban J connectivity index is 1.68. The normalized spacial score (nSPS) is 12.7. The third-order valence-corrected chi connectivity index (χ3v) is 4.05. The molecule has 108 valence electrons. The minimum absolute atomic E-state index is 0.324. The van der Waals surface area contributed by atoms with Crippen molar-refractivity contribution < 1.29 is 4.42 Å². The number of benzene rings is 2. The lowest BCUT2D eigenvalue weighted by Gasteiger charge is -2.14. The highest BCUT2D eigenvalue weighted by Gasteiger charge is 2.08. The van der Waals surface area contributed by atoms with Gasteiger partial charge in [-0.3, -0.25) is 0 Å². The summed E-state index contributed by atoms with van der Waals surface area (Å²) in [5.41, 5.74) is 4.86. The molecule has 0 amide bonds. The van der Waals surface area contributed by atoms with Crippen molar-refractivity contribution >= 4 is 11.0 Å². The summed E-state index contributed by atoms with van der Waals surface area (Å²) in [6.07, 6.45) is 2.94. The molecule has 1 unspecified atom stereocenters. The molecule has 2 nitrogen and oxygen atoms in total. The van der Waals surface area contributed by atoms with Gasteiger partial charge in [-0.15, -0.1) is 0 Å². The highest BCUT2D eigenvalue weighted by Crippen LogP contribution is 2.21. The molecule has 3 aromatic rings. The molecule has 2 heteroatoms. The lowest BCUT2D eigenvalue weighted by atomic mass is 10.0. The highest BCUT2D eigenvalue weighted by atomic mass is 16.3. The van der Waals surface area contributed by atoms with Crippen LogP contribution in [0.1, 0.15) is 36.6 Å². The van der Waals surface area contributed by atoms with E-state index in [9.17, 15) is 0 Å². The quantitative estimate of drug-likeness (QED) is 0.722. The number of para-hydroxylation sites is 1. The summed E-state index contributed by atoms with van der Waals surface area (Å²) in [6, 6.07) is 17.3. The van der Waals surface area contributed by atoms with Gasteiger partial charge in [0.2, 0.25) is 0 Å². The SMILES string of the molecule is CCc1ccc(C(C)NCc2coc3ccccc23)cc1. The topological polar surface area (TPSA) is 25.2 Å². The Morgan fingerprint density at radius 2 is 1.81 bits per heavy atom. The number of nitrogens with one attached hydrogen (secondary N) is 1. The Hall–Kier alpha value is -2.06. The molecule has 3 rings (SSSR count). The summed E-state index contributed by atoms with van der Waals surface area (Å²) in [7, 11) is 0. The first-order valence-electron chi connectivity index (χ1n) is 7.55. The second kappa shape index (κ2) is 6.15. The molecule has 0 saturated carbocycles. The monoisotopic (exact) mass is 279 g/mol. The molecule has 0 spiro atoms. The molecule has 1 aromatic heterocycles. The molecule has 1 atom stereocenters. The van der Waals surface area contributed by atoms with Crippen LogP contribution in [0, 0.1) is 0 Å². The summed E-state index contributed by atoms with van der Waals surface area (Å²) < 4.78 is 5.58. The van der Waals surface area contributed by atoms with E-state index in [0.29, 0.717) is 6.04 Å². The van der Waals surface area contributed by atoms with Crippen LogP contribution in [0.4, 0.5) is 0 Å². The van der Waals surface area contributed by atoms with E-state index in [1.165, 1.54) is 22.1 Å². The highest BCUT2D eigenvalue weighted by molar-refractivity contribution is 5.80. The summed E-state index contributed by atoms with van der Waals surface area (Å²) >= 11 is 0. The lowest BCUT2D eigenvalue weighted by molar-refractivity contribution is 0.562. The Bertz CT molecular complexity index is 712. The van der Waals surface area contributed by atoms with Crippen LogP contribution < -0.4 is 5.32 Å². The lowest BCUT2D eigenvalue weighted by Crippen LogP contribution is -2.17. The number of hydrogen-bond acceptors (Lipinski definition) is 2. The molecule has 0 aliphatic heterocycles. The van der Waals surface area contributed by atoms with E-state index in [4.69, 9.17) is 4.42 Å². The number of fused-ring (bicyclic) bond motifs is 1. The zero-order chi connectivity index (χ0) is 14.7. The fourth-order valence-corrected chi connectivity index (χ4v) is 2.59. The third kappa shape index (κ3) is 3.01. The van der Waals surface area contributed by atoms with Crippen molar-refractivity contribution in [3.05, 3.63) is 71.5 Å². The number of rotatable bonds is 5. The van der Waals surface area contributed by atoms with Crippen molar-refractivity contribution in [1.29, 1.82) is 0 Å². The van der Waals surface area contributed by atoms with Gasteiger partial charge in [-0.1, -0.05) is 49.4 Å². The van der Waals surface area contributed by atoms with E-state index in [1.807, 2.05) is 24.5 Å². The van der Waals surface area contributed by atoms with Gasteiger partial charge in [-0.05, 0) is 30.5 Å². The molecule has 0 radical (unpaired) electrons. The van der Waals surface area contributed by atoms with E-state index in [-0.39, 0.29) is 0 Å². The molecule has 0 bridgehead atoms. The van der Waals surface area contributed by atoms with Crippen LogP contribution in [0.3, 0.4) is 0 Å². The second-order valence-corrected chi connectivity index (χ2v) is 5.45. The second-order valence-electron chi connectivity index (χ2n) is 5.45. The van der Waals surface area contributed by atoms with Gasteiger partial charge >= 0.3 is 0 Å². The Kier molecular flexibility index (Phi) is 4.07. The van der Waals surface area contributed by atoms with Crippen LogP contribution >= 0.6 is 0 Å². The van der Waals surface area contributed by atoms with Crippen LogP contribution in [-0.4, -0.2) is 0 Å². The first-order valence-corrected chi connectivity index (χ1v) is 7.55. The summed E-state index contributed by atoms with van der Waals surface area (Å²) in [5, 5.41) is 4.76. The minimum atomic E-state index is 0.324. The van der Waals surface area contributed by atoms with E-state index < -0.39 is 0 Å². The molecule has 0 fully saturated rings. The van der Waals surface area contributed by atoms with Gasteiger partial charge in [-0.2, -0.15) is 0 Å². The molecular formula is C19H21NO. The third-order valence-electron chi connectivity index (χ3n) is 4.05. The summed E-state index contributed by atoms with van der Waals surface area (Å²) in [4.78, 5) is 0. The summed E-state index contributed by atoms with van der Waals surface area (Å²) in [6.45, 7) is 5.19. The largest absolute Gasteiger partial charge is 0.464 e. The van der Waals surface area contributed by atoms with Crippen LogP contribution in [0.25, 0.3) is 11.0 Å². The van der Waals surface area contributed by atoms with Crippen LogP contribution in [-0.2, 0) is 13.0 Å². The van der Waals surface area contributed by atoms with Gasteiger partial charge in [0.05, 0.1) is 6.26 Å². The van der Waals surface area contributed by atoms with E-state index >= 15 is 0 Å². The van der Waals surface area contributed by atoms with Gasteiger partial charge in [0.15, 0.2) is 0 Å². The van der Waals surface area contributed by atoms with Crippen molar-refractivity contribution in [3.63, 3.8) is 0 Å². The van der Waals surface area contributed by atoms with Gasteiger partial charge in [0, 0.05) is 23.5 Å². The van der Waals surface area contributed by atoms with Crippen LogP contribution in [0.15, 0.2) is 59.2 Å². The first-order chi connectivity index (χ1) is 10.3. The first kappa shape index (κ1) is 13.9. The van der Waals surface area contributed by atoms with Crippen molar-refractivity contribution in [2.45, 2.75) is 32.9 Å². The van der Waals surface area contributed by atoms with Gasteiger partial charge < -0.3 is 9.73 Å². The van der Waals surface area contributed by atoms with Gasteiger partial charge in [0.25, 0.3) is 0 Å². The van der Waals surface area contributed by atoms with Crippen molar-refractivity contribution in [2.24, 2.45) is 0 Å². The molecule has 0 saturated heterocycles. The Morgan fingerprint density at radius 1 is 1.05 bits per heavy atom. The molecule has 0 aliphatic carbocycles. The Labute approximate surface area is 125 Å². The molecular weight excluding hydrogens is 258 g/mol. The predicted octanol–water partition coefficient (Wildman–Crippen LogP) is 4.85. The minimum Gasteiger partial charge on any atom is -0.464 e. The summed E-state index contributed by atoms with van der Waals surface area (Å²) in [5.74, 6) is 0. The predicted molar refractivity (Wildman–Crippen MR) is 87.3 cm³/mol.